The molecular formula is C17H26FN2O9PS. The van der Waals surface area contributed by atoms with Crippen molar-refractivity contribution in [3.63, 3.8) is 0 Å². The van der Waals surface area contributed by atoms with E-state index < -0.39 is 50.7 Å². The van der Waals surface area contributed by atoms with Gasteiger partial charge in [0.25, 0.3) is 5.56 Å². The van der Waals surface area contributed by atoms with Crippen molar-refractivity contribution in [2.45, 2.75) is 38.5 Å². The average Bonchev–Trinajstić information content (AvgIpc) is 3.02. The number of ether oxygens (including phenoxy) is 2. The second kappa shape index (κ2) is 12.6. The Bertz CT molecular complexity index is 864. The van der Waals surface area contributed by atoms with Gasteiger partial charge in [0.2, 0.25) is 0 Å². The molecule has 1 saturated heterocycles. The molecule has 0 saturated carbocycles. The zero-order chi connectivity index (χ0) is 23.0. The highest BCUT2D eigenvalue weighted by atomic mass is 32.2. The summed E-state index contributed by atoms with van der Waals surface area (Å²) < 4.78 is 48.3. The molecule has 0 aliphatic carbocycles. The van der Waals surface area contributed by atoms with Crippen molar-refractivity contribution in [3.05, 3.63) is 33.1 Å². The summed E-state index contributed by atoms with van der Waals surface area (Å²) in [5, 5.41) is 9.49. The fraction of sp³-hybridized carbons (Fsp3) is 0.706. The van der Waals surface area contributed by atoms with Crippen LogP contribution < -0.4 is 11.2 Å². The Kier molecular flexibility index (Phi) is 10.6. The number of hydrogen-bond donors (Lipinski definition) is 2. The molecule has 1 aromatic rings. The summed E-state index contributed by atoms with van der Waals surface area (Å²) in [5.41, 5.74) is -1.56. The van der Waals surface area contributed by atoms with E-state index in [-0.39, 0.29) is 24.2 Å². The molecule has 0 aromatic carbocycles. The Hall–Kier alpha value is -1.34. The molecule has 14 heteroatoms. The van der Waals surface area contributed by atoms with Crippen LogP contribution in [0.4, 0.5) is 4.39 Å². The molecule has 5 atom stereocenters. The number of carbonyl (C=O) groups excluding carboxylic acids is 1. The highest BCUT2D eigenvalue weighted by Gasteiger charge is 2.48. The van der Waals surface area contributed by atoms with Crippen LogP contribution in [-0.2, 0) is 27.9 Å². The minimum Gasteiger partial charge on any atom is -0.394 e. The average molecular weight is 484 g/mol. The maximum Gasteiger partial charge on any atom is 0.330 e. The second-order valence-corrected chi connectivity index (χ2v) is 8.95. The number of aromatic nitrogens is 2. The molecule has 176 valence electrons. The second-order valence-electron chi connectivity index (χ2n) is 6.83. The van der Waals surface area contributed by atoms with E-state index in [1.54, 1.807) is 0 Å². The number of thioether (sulfide) groups is 1. The summed E-state index contributed by atoms with van der Waals surface area (Å²) in [6.45, 7) is 3.28. The molecule has 1 fully saturated rings. The van der Waals surface area contributed by atoms with Gasteiger partial charge in [-0.25, -0.2) is 9.18 Å². The lowest BCUT2D eigenvalue weighted by atomic mass is 10.1. The Balaban J connectivity index is 1.78. The number of carbonyl (C=O) groups is 1. The highest BCUT2D eigenvalue weighted by molar-refractivity contribution is 8.13. The van der Waals surface area contributed by atoms with Crippen LogP contribution in [0.3, 0.4) is 0 Å². The summed E-state index contributed by atoms with van der Waals surface area (Å²) >= 11 is 1.17. The van der Waals surface area contributed by atoms with Crippen molar-refractivity contribution in [2.24, 2.45) is 5.92 Å². The van der Waals surface area contributed by atoms with Crippen molar-refractivity contribution in [2.75, 3.05) is 32.2 Å². The van der Waals surface area contributed by atoms with Crippen LogP contribution in [0.25, 0.3) is 0 Å². The molecule has 0 spiro atoms. The molecule has 1 aromatic heterocycles. The van der Waals surface area contributed by atoms with Crippen LogP contribution in [0.2, 0.25) is 0 Å². The normalized spacial score (nSPS) is 24.5. The van der Waals surface area contributed by atoms with Gasteiger partial charge in [0.15, 0.2) is 17.5 Å². The van der Waals surface area contributed by atoms with Crippen LogP contribution in [0.15, 0.2) is 21.9 Å². The predicted molar refractivity (Wildman–Crippen MR) is 110 cm³/mol. The van der Waals surface area contributed by atoms with Crippen LogP contribution in [0.1, 0.15) is 20.1 Å². The topological polar surface area (TPSA) is 146 Å². The van der Waals surface area contributed by atoms with E-state index in [9.17, 15) is 28.4 Å². The van der Waals surface area contributed by atoms with Gasteiger partial charge in [-0.05, 0) is 0 Å². The summed E-state index contributed by atoms with van der Waals surface area (Å²) in [4.78, 5) is 36.4. The van der Waals surface area contributed by atoms with Gasteiger partial charge in [0.05, 0.1) is 26.4 Å². The molecule has 2 heterocycles. The van der Waals surface area contributed by atoms with E-state index in [1.807, 2.05) is 18.8 Å². The smallest absolute Gasteiger partial charge is 0.330 e. The highest BCUT2D eigenvalue weighted by Crippen LogP contribution is 2.38. The number of hydrogen-bond acceptors (Lipinski definition) is 10. The van der Waals surface area contributed by atoms with Crippen LogP contribution in [0, 0.1) is 5.92 Å². The molecule has 3 unspecified atom stereocenters. The number of nitrogens with zero attached hydrogens (tertiary/aromatic N) is 1. The summed E-state index contributed by atoms with van der Waals surface area (Å²) in [6.07, 6.45) is -5.01. The van der Waals surface area contributed by atoms with Crippen molar-refractivity contribution >= 4 is 25.1 Å². The van der Waals surface area contributed by atoms with E-state index >= 15 is 0 Å². The van der Waals surface area contributed by atoms with Crippen molar-refractivity contribution in [1.82, 2.24) is 9.55 Å². The van der Waals surface area contributed by atoms with Gasteiger partial charge >= 0.3 is 13.9 Å². The third kappa shape index (κ3) is 7.63. The minimum atomic E-state index is -3.15. The minimum absolute atomic E-state index is 0.0554. The van der Waals surface area contributed by atoms with E-state index in [1.165, 1.54) is 11.8 Å². The Morgan fingerprint density at radius 1 is 1.39 bits per heavy atom. The molecule has 0 radical (unpaired) electrons. The first-order valence-electron chi connectivity index (χ1n) is 9.54. The number of rotatable bonds is 12. The number of alkyl halides is 1. The van der Waals surface area contributed by atoms with Gasteiger partial charge in [-0.1, -0.05) is 25.6 Å². The largest absolute Gasteiger partial charge is 0.394 e. The van der Waals surface area contributed by atoms with Gasteiger partial charge in [0, 0.05) is 23.9 Å². The lowest BCUT2D eigenvalue weighted by Gasteiger charge is -2.18. The van der Waals surface area contributed by atoms with Gasteiger partial charge in [-0.15, -0.1) is 0 Å². The molecular weight excluding hydrogens is 458 g/mol. The van der Waals surface area contributed by atoms with Gasteiger partial charge in [-0.2, -0.15) is 0 Å². The quantitative estimate of drug-likeness (QED) is 0.317. The summed E-state index contributed by atoms with van der Waals surface area (Å²) in [5.74, 6) is 0.426. The van der Waals surface area contributed by atoms with Crippen molar-refractivity contribution in [3.8, 4) is 0 Å². The number of nitrogens with one attached hydrogen (secondary N) is 1. The molecule has 2 N–H and O–H groups in total. The zero-order valence-corrected chi connectivity index (χ0v) is 18.8. The maximum absolute atomic E-state index is 14.8. The molecule has 0 amide bonds. The fourth-order valence-electron chi connectivity index (χ4n) is 2.63. The molecule has 1 aliphatic heterocycles. The van der Waals surface area contributed by atoms with Gasteiger partial charge in [0.1, 0.15) is 12.2 Å². The number of H-pyrrole nitrogens is 1. The monoisotopic (exact) mass is 484 g/mol. The Morgan fingerprint density at radius 3 is 2.77 bits per heavy atom. The SMILES string of the molecule is CC(C)C(=O)SCCOCCO[PH](=O)OC1C(F)[C@H](n2ccc(=O)[nH]c2=O)O[C@@H]1CO. The van der Waals surface area contributed by atoms with Gasteiger partial charge < -0.3 is 23.6 Å². The number of halogens is 1. The lowest BCUT2D eigenvalue weighted by molar-refractivity contribution is -0.113. The van der Waals surface area contributed by atoms with E-state index in [2.05, 4.69) is 0 Å². The maximum atomic E-state index is 14.8. The van der Waals surface area contributed by atoms with Gasteiger partial charge in [-0.3, -0.25) is 23.7 Å². The number of aliphatic hydroxyl groups excluding tert-OH is 1. The molecule has 2 rings (SSSR count). The predicted octanol–water partition coefficient (Wildman–Crippen LogP) is 0.488. The van der Waals surface area contributed by atoms with Crippen LogP contribution >= 0.6 is 20.0 Å². The first kappa shape index (κ1) is 25.9. The van der Waals surface area contributed by atoms with E-state index in [0.717, 1.165) is 16.8 Å². The van der Waals surface area contributed by atoms with Crippen molar-refractivity contribution < 1.29 is 37.4 Å². The molecule has 0 bridgehead atoms. The van der Waals surface area contributed by atoms with Crippen LogP contribution in [-0.4, -0.2) is 70.3 Å². The van der Waals surface area contributed by atoms with E-state index in [0.29, 0.717) is 12.4 Å². The summed E-state index contributed by atoms with van der Waals surface area (Å²) in [6, 6.07) is 1.02. The van der Waals surface area contributed by atoms with Crippen molar-refractivity contribution in [1.29, 1.82) is 0 Å². The fourth-order valence-corrected chi connectivity index (χ4v) is 4.19. The molecule has 31 heavy (non-hydrogen) atoms. The standard InChI is InChI=1S/C17H26FN2O9PS/c1-10(2)16(23)31-8-7-26-5-6-27-30(25)29-14-11(9-21)28-15(13(14)18)20-4-3-12(22)19-17(20)24/h3-4,10-11,13-15,21,30H,5-9H2,1-2H3,(H,19,22,24)/t11-,13?,14?,15-/m1/s1. The van der Waals surface area contributed by atoms with Crippen LogP contribution in [0.5, 0.6) is 0 Å². The number of aromatic amines is 1. The third-order valence-corrected chi connectivity index (χ3v) is 6.23. The first-order valence-corrected chi connectivity index (χ1v) is 11.7. The molecule has 1 aliphatic rings. The van der Waals surface area contributed by atoms with E-state index in [4.69, 9.17) is 18.5 Å². The summed E-state index contributed by atoms with van der Waals surface area (Å²) in [7, 11) is -3.15. The Labute approximate surface area is 182 Å². The molecule has 11 nitrogen and oxygen atoms in total. The Morgan fingerprint density at radius 2 is 2.13 bits per heavy atom. The third-order valence-electron chi connectivity index (χ3n) is 4.20. The zero-order valence-electron chi connectivity index (χ0n) is 17.0. The number of aliphatic hydroxyl groups is 1. The first-order chi connectivity index (χ1) is 14.7. The lowest BCUT2D eigenvalue weighted by Crippen LogP contribution is -2.36.